The molecule has 0 saturated carbocycles. The third kappa shape index (κ3) is 5.80. The van der Waals surface area contributed by atoms with Gasteiger partial charge in [-0.15, -0.1) is 0 Å². The maximum absolute atomic E-state index is 11.9. The van der Waals surface area contributed by atoms with Crippen molar-refractivity contribution in [3.8, 4) is 5.75 Å². The molecule has 2 rings (SSSR count). The summed E-state index contributed by atoms with van der Waals surface area (Å²) >= 11 is 0. The summed E-state index contributed by atoms with van der Waals surface area (Å²) in [4.78, 5) is 34.3. The fourth-order valence-corrected chi connectivity index (χ4v) is 2.45. The summed E-state index contributed by atoms with van der Waals surface area (Å²) in [5, 5.41) is 11.7. The zero-order valence-corrected chi connectivity index (χ0v) is 14.2. The van der Waals surface area contributed by atoms with E-state index in [0.29, 0.717) is 5.75 Å². The molecule has 0 amide bonds. The van der Waals surface area contributed by atoms with Crippen LogP contribution in [-0.2, 0) is 25.5 Å². The van der Waals surface area contributed by atoms with Gasteiger partial charge in [-0.1, -0.05) is 12.1 Å². The minimum Gasteiger partial charge on any atom is -0.480 e. The first-order valence-electron chi connectivity index (χ1n) is 8.31. The van der Waals surface area contributed by atoms with Crippen LogP contribution >= 0.6 is 0 Å². The Morgan fingerprint density at radius 3 is 2.46 bits per heavy atom. The standard InChI is InChI=1S/C17H23N3O6/c18-12(16(23)25-9-13(19)15(21)22)8-10-3-5-11(6-4-10)26-17(24)14-2-1-7-20-14/h3-6,12-14,20H,1-2,7-9,18-19H2,(H,21,22)/t12-,13-,14-/m0/s1. The Kier molecular flexibility index (Phi) is 7.07. The van der Waals surface area contributed by atoms with E-state index in [-0.39, 0.29) is 18.4 Å². The number of nitrogens with two attached hydrogens (primary N) is 2. The van der Waals surface area contributed by atoms with Crippen molar-refractivity contribution >= 4 is 17.9 Å². The van der Waals surface area contributed by atoms with Crippen LogP contribution in [0.1, 0.15) is 18.4 Å². The number of carbonyl (C=O) groups is 3. The van der Waals surface area contributed by atoms with Crippen LogP contribution in [0.25, 0.3) is 0 Å². The topological polar surface area (TPSA) is 154 Å². The highest BCUT2D eigenvalue weighted by Crippen LogP contribution is 2.16. The van der Waals surface area contributed by atoms with Crippen molar-refractivity contribution in [2.45, 2.75) is 37.4 Å². The number of carboxylic acids is 1. The molecule has 6 N–H and O–H groups in total. The molecular formula is C17H23N3O6. The first-order valence-corrected chi connectivity index (χ1v) is 8.31. The summed E-state index contributed by atoms with van der Waals surface area (Å²) < 4.78 is 10.1. The molecule has 0 bridgehead atoms. The van der Waals surface area contributed by atoms with E-state index in [1.807, 2.05) is 0 Å². The molecule has 1 saturated heterocycles. The fourth-order valence-electron chi connectivity index (χ4n) is 2.45. The Morgan fingerprint density at radius 2 is 1.88 bits per heavy atom. The summed E-state index contributed by atoms with van der Waals surface area (Å²) in [6, 6.07) is 4.14. The molecule has 142 valence electrons. The molecule has 1 aliphatic rings. The van der Waals surface area contributed by atoms with E-state index in [1.54, 1.807) is 24.3 Å². The third-order valence-electron chi connectivity index (χ3n) is 3.97. The van der Waals surface area contributed by atoms with Crippen LogP contribution in [0.2, 0.25) is 0 Å². The van der Waals surface area contributed by atoms with Crippen LogP contribution in [0.3, 0.4) is 0 Å². The van der Waals surface area contributed by atoms with E-state index in [9.17, 15) is 14.4 Å². The van der Waals surface area contributed by atoms with Crippen LogP contribution < -0.4 is 21.5 Å². The number of hydrogen-bond acceptors (Lipinski definition) is 8. The lowest BCUT2D eigenvalue weighted by Gasteiger charge is -2.14. The number of carboxylic acid groups (broad SMARTS) is 1. The smallest absolute Gasteiger partial charge is 0.328 e. The lowest BCUT2D eigenvalue weighted by Crippen LogP contribution is -2.40. The summed E-state index contributed by atoms with van der Waals surface area (Å²) in [6.07, 6.45) is 1.91. The fraction of sp³-hybridized carbons (Fsp3) is 0.471. The van der Waals surface area contributed by atoms with Gasteiger partial charge in [0.1, 0.15) is 30.5 Å². The van der Waals surface area contributed by atoms with Gasteiger partial charge in [0.25, 0.3) is 0 Å². The molecule has 9 heteroatoms. The molecule has 26 heavy (non-hydrogen) atoms. The van der Waals surface area contributed by atoms with Gasteiger partial charge < -0.3 is 31.4 Å². The normalized spacial score (nSPS) is 18.8. The van der Waals surface area contributed by atoms with E-state index < -0.39 is 30.6 Å². The highest BCUT2D eigenvalue weighted by Gasteiger charge is 2.24. The lowest BCUT2D eigenvalue weighted by atomic mass is 10.1. The number of esters is 2. The predicted molar refractivity (Wildman–Crippen MR) is 91.4 cm³/mol. The van der Waals surface area contributed by atoms with Gasteiger partial charge in [0, 0.05) is 0 Å². The van der Waals surface area contributed by atoms with E-state index in [4.69, 9.17) is 26.0 Å². The molecule has 0 aliphatic carbocycles. The molecule has 1 aromatic carbocycles. The number of carbonyl (C=O) groups excluding carboxylic acids is 2. The van der Waals surface area contributed by atoms with Crippen LogP contribution in [-0.4, -0.2) is 54.3 Å². The third-order valence-corrected chi connectivity index (χ3v) is 3.97. The van der Waals surface area contributed by atoms with Gasteiger partial charge in [0.05, 0.1) is 0 Å². The SMILES string of the molecule is N[C@@H](COC(=O)[C@@H](N)Cc1ccc(OC(=O)[C@@H]2CCCN2)cc1)C(=O)O. The van der Waals surface area contributed by atoms with E-state index >= 15 is 0 Å². The molecule has 0 radical (unpaired) electrons. The maximum atomic E-state index is 11.9. The highest BCUT2D eigenvalue weighted by molar-refractivity contribution is 5.79. The second-order valence-electron chi connectivity index (χ2n) is 6.10. The quantitative estimate of drug-likeness (QED) is 0.341. The zero-order chi connectivity index (χ0) is 19.1. The molecule has 1 fully saturated rings. The minimum absolute atomic E-state index is 0.194. The van der Waals surface area contributed by atoms with Crippen molar-refractivity contribution in [3.63, 3.8) is 0 Å². The average molecular weight is 365 g/mol. The first-order chi connectivity index (χ1) is 12.4. The predicted octanol–water partition coefficient (Wildman–Crippen LogP) is -0.831. The lowest BCUT2D eigenvalue weighted by molar-refractivity contribution is -0.149. The molecule has 1 heterocycles. The molecule has 0 unspecified atom stereocenters. The van der Waals surface area contributed by atoms with Crippen LogP contribution in [0.4, 0.5) is 0 Å². The molecule has 1 aliphatic heterocycles. The molecule has 3 atom stereocenters. The Bertz CT molecular complexity index is 642. The van der Waals surface area contributed by atoms with Gasteiger partial charge >= 0.3 is 17.9 Å². The first kappa shape index (κ1) is 19.8. The number of hydrogen-bond donors (Lipinski definition) is 4. The maximum Gasteiger partial charge on any atom is 0.328 e. The van der Waals surface area contributed by atoms with Gasteiger partial charge in [-0.3, -0.25) is 9.59 Å². The Morgan fingerprint density at radius 1 is 1.19 bits per heavy atom. The Hall–Kier alpha value is -2.49. The number of benzene rings is 1. The van der Waals surface area contributed by atoms with Crippen molar-refractivity contribution in [1.29, 1.82) is 0 Å². The van der Waals surface area contributed by atoms with Crippen molar-refractivity contribution in [2.24, 2.45) is 11.5 Å². The van der Waals surface area contributed by atoms with Crippen LogP contribution in [0, 0.1) is 0 Å². The number of rotatable bonds is 8. The number of aliphatic carboxylic acids is 1. The van der Waals surface area contributed by atoms with Crippen molar-refractivity contribution in [1.82, 2.24) is 5.32 Å². The van der Waals surface area contributed by atoms with E-state index in [1.165, 1.54) is 0 Å². The highest BCUT2D eigenvalue weighted by atomic mass is 16.5. The Labute approximate surface area is 150 Å². The summed E-state index contributed by atoms with van der Waals surface area (Å²) in [5.74, 6) is -1.89. The van der Waals surface area contributed by atoms with Gasteiger partial charge in [-0.25, -0.2) is 4.79 Å². The number of nitrogens with one attached hydrogen (secondary N) is 1. The summed E-state index contributed by atoms with van der Waals surface area (Å²) in [7, 11) is 0. The monoisotopic (exact) mass is 365 g/mol. The minimum atomic E-state index is -1.28. The van der Waals surface area contributed by atoms with E-state index in [2.05, 4.69) is 5.32 Å². The molecule has 0 spiro atoms. The second-order valence-corrected chi connectivity index (χ2v) is 6.10. The largest absolute Gasteiger partial charge is 0.480 e. The van der Waals surface area contributed by atoms with Crippen molar-refractivity contribution in [3.05, 3.63) is 29.8 Å². The van der Waals surface area contributed by atoms with Gasteiger partial charge in [0.2, 0.25) is 0 Å². The Balaban J connectivity index is 1.81. The van der Waals surface area contributed by atoms with Gasteiger partial charge in [0.15, 0.2) is 0 Å². The van der Waals surface area contributed by atoms with Gasteiger partial charge in [-0.05, 0) is 43.5 Å². The summed E-state index contributed by atoms with van der Waals surface area (Å²) in [5.41, 5.74) is 11.8. The van der Waals surface area contributed by atoms with E-state index in [0.717, 1.165) is 24.9 Å². The average Bonchev–Trinajstić information content (AvgIpc) is 3.15. The number of ether oxygens (including phenoxy) is 2. The van der Waals surface area contributed by atoms with Crippen LogP contribution in [0.5, 0.6) is 5.75 Å². The second kappa shape index (κ2) is 9.27. The summed E-state index contributed by atoms with van der Waals surface area (Å²) in [6.45, 7) is 0.371. The molecule has 0 aromatic heterocycles. The zero-order valence-electron chi connectivity index (χ0n) is 14.2. The molecule has 9 nitrogen and oxygen atoms in total. The molecule has 1 aromatic rings. The van der Waals surface area contributed by atoms with Gasteiger partial charge in [-0.2, -0.15) is 0 Å². The molecular weight excluding hydrogens is 342 g/mol. The van der Waals surface area contributed by atoms with Crippen molar-refractivity contribution < 1.29 is 29.0 Å². The van der Waals surface area contributed by atoms with Crippen molar-refractivity contribution in [2.75, 3.05) is 13.2 Å². The van der Waals surface area contributed by atoms with Crippen LogP contribution in [0.15, 0.2) is 24.3 Å².